The molecule has 1 fully saturated rings. The van der Waals surface area contributed by atoms with E-state index >= 15 is 0 Å². The van der Waals surface area contributed by atoms with Crippen LogP contribution in [0.2, 0.25) is 0 Å². The first-order valence-corrected chi connectivity index (χ1v) is 8.71. The molecule has 0 radical (unpaired) electrons. The van der Waals surface area contributed by atoms with Gasteiger partial charge in [-0.3, -0.25) is 4.79 Å². The first-order valence-electron chi connectivity index (χ1n) is 8.71. The van der Waals surface area contributed by atoms with Gasteiger partial charge in [-0.15, -0.1) is 12.4 Å². The number of aliphatic hydroxyl groups excluding tert-OH is 1. The number of carbonyl (C=O) groups excluding carboxylic acids is 1. The van der Waals surface area contributed by atoms with Gasteiger partial charge in [0, 0.05) is 32.1 Å². The number of rotatable bonds is 6. The highest BCUT2D eigenvalue weighted by atomic mass is 35.5. The summed E-state index contributed by atoms with van der Waals surface area (Å²) in [7, 11) is 0. The van der Waals surface area contributed by atoms with Gasteiger partial charge in [0.25, 0.3) is 0 Å². The molecule has 0 saturated carbocycles. The molecule has 1 heterocycles. The molecule has 0 spiro atoms. The molecule has 0 unspecified atom stereocenters. The second-order valence-electron chi connectivity index (χ2n) is 7.49. The SMILES string of the molecule is CC(=O)N1CCC(CC(C)(C)NC[C@H](O)c2cccc(F)c2)CC1.Cl. The van der Waals surface area contributed by atoms with Gasteiger partial charge in [-0.05, 0) is 56.7 Å². The first kappa shape index (κ1) is 21.9. The molecule has 1 aromatic carbocycles. The molecule has 4 nitrogen and oxygen atoms in total. The van der Waals surface area contributed by atoms with Gasteiger partial charge in [0.15, 0.2) is 0 Å². The van der Waals surface area contributed by atoms with Crippen LogP contribution in [0, 0.1) is 11.7 Å². The maximum Gasteiger partial charge on any atom is 0.219 e. The molecule has 6 heteroatoms. The number of hydrogen-bond donors (Lipinski definition) is 2. The molecule has 0 aliphatic carbocycles. The fourth-order valence-electron chi connectivity index (χ4n) is 3.45. The van der Waals surface area contributed by atoms with E-state index in [0.717, 1.165) is 32.4 Å². The number of piperidine rings is 1. The zero-order valence-corrected chi connectivity index (χ0v) is 16.1. The molecule has 1 aliphatic rings. The Bertz CT molecular complexity index is 560. The van der Waals surface area contributed by atoms with Crippen molar-refractivity contribution in [3.05, 3.63) is 35.6 Å². The summed E-state index contributed by atoms with van der Waals surface area (Å²) in [5.41, 5.74) is 0.477. The Morgan fingerprint density at radius 1 is 1.40 bits per heavy atom. The van der Waals surface area contributed by atoms with E-state index < -0.39 is 6.10 Å². The average molecular weight is 373 g/mol. The third kappa shape index (κ3) is 6.92. The van der Waals surface area contributed by atoms with Gasteiger partial charge in [0.05, 0.1) is 6.10 Å². The fourth-order valence-corrected chi connectivity index (χ4v) is 3.45. The van der Waals surface area contributed by atoms with Crippen LogP contribution in [0.5, 0.6) is 0 Å². The van der Waals surface area contributed by atoms with E-state index in [9.17, 15) is 14.3 Å². The van der Waals surface area contributed by atoms with E-state index in [1.165, 1.54) is 12.1 Å². The Hall–Kier alpha value is -1.17. The number of β-amino-alcohol motifs (C(OH)–C–C–N with tert-alkyl or cyclic N) is 1. The van der Waals surface area contributed by atoms with E-state index in [-0.39, 0.29) is 29.7 Å². The topological polar surface area (TPSA) is 52.6 Å². The Labute approximate surface area is 156 Å². The summed E-state index contributed by atoms with van der Waals surface area (Å²) >= 11 is 0. The molecular formula is C19H30ClFN2O2. The highest BCUT2D eigenvalue weighted by Crippen LogP contribution is 2.27. The number of amides is 1. The Kier molecular flexibility index (Phi) is 8.32. The number of halogens is 2. The summed E-state index contributed by atoms with van der Waals surface area (Å²) in [4.78, 5) is 13.3. The van der Waals surface area contributed by atoms with Crippen molar-refractivity contribution in [2.45, 2.75) is 51.7 Å². The molecular weight excluding hydrogens is 343 g/mol. The molecule has 1 saturated heterocycles. The summed E-state index contributed by atoms with van der Waals surface area (Å²) in [6, 6.07) is 6.10. The van der Waals surface area contributed by atoms with Crippen molar-refractivity contribution in [2.75, 3.05) is 19.6 Å². The summed E-state index contributed by atoms with van der Waals surface area (Å²) in [5.74, 6) is 0.404. The summed E-state index contributed by atoms with van der Waals surface area (Å²) < 4.78 is 13.2. The lowest BCUT2D eigenvalue weighted by Crippen LogP contribution is -2.45. The molecule has 0 aromatic heterocycles. The Morgan fingerprint density at radius 3 is 2.60 bits per heavy atom. The van der Waals surface area contributed by atoms with Crippen molar-refractivity contribution in [2.24, 2.45) is 5.92 Å². The standard InChI is InChI=1S/C19H29FN2O2.ClH/c1-14(23)22-9-7-15(8-10-22)12-19(2,3)21-13-18(24)16-5-4-6-17(20)11-16;/h4-6,11,15,18,21,24H,7-10,12-13H2,1-3H3;1H/t18-;/m0./s1. The number of nitrogens with one attached hydrogen (secondary N) is 1. The normalized spacial score (nSPS) is 17.1. The van der Waals surface area contributed by atoms with Crippen LogP contribution in [0.1, 0.15) is 51.7 Å². The quantitative estimate of drug-likeness (QED) is 0.805. The Morgan fingerprint density at radius 2 is 2.04 bits per heavy atom. The highest BCUT2D eigenvalue weighted by Gasteiger charge is 2.27. The summed E-state index contributed by atoms with van der Waals surface area (Å²) in [5, 5.41) is 13.6. The molecule has 142 valence electrons. The minimum atomic E-state index is -0.723. The molecule has 1 atom stereocenters. The van der Waals surface area contributed by atoms with Gasteiger partial charge < -0.3 is 15.3 Å². The molecule has 1 aliphatic heterocycles. The van der Waals surface area contributed by atoms with Crippen molar-refractivity contribution in [1.29, 1.82) is 0 Å². The zero-order chi connectivity index (χ0) is 17.7. The summed E-state index contributed by atoms with van der Waals surface area (Å²) in [6.07, 6.45) is 2.32. The highest BCUT2D eigenvalue weighted by molar-refractivity contribution is 5.85. The smallest absolute Gasteiger partial charge is 0.219 e. The first-order chi connectivity index (χ1) is 11.3. The molecule has 2 rings (SSSR count). The predicted molar refractivity (Wildman–Crippen MR) is 100 cm³/mol. The van der Waals surface area contributed by atoms with Crippen molar-refractivity contribution < 1.29 is 14.3 Å². The van der Waals surface area contributed by atoms with Crippen LogP contribution in [-0.4, -0.2) is 41.1 Å². The molecule has 0 bridgehead atoms. The lowest BCUT2D eigenvalue weighted by molar-refractivity contribution is -0.130. The maximum atomic E-state index is 13.2. The molecule has 1 aromatic rings. The van der Waals surface area contributed by atoms with E-state index in [4.69, 9.17) is 0 Å². The molecule has 2 N–H and O–H groups in total. The fraction of sp³-hybridized carbons (Fsp3) is 0.632. The minimum Gasteiger partial charge on any atom is -0.387 e. The number of benzene rings is 1. The van der Waals surface area contributed by atoms with E-state index in [1.54, 1.807) is 19.1 Å². The number of carbonyl (C=O) groups is 1. The van der Waals surface area contributed by atoms with E-state index in [1.807, 2.05) is 4.90 Å². The van der Waals surface area contributed by atoms with E-state index in [2.05, 4.69) is 19.2 Å². The van der Waals surface area contributed by atoms with Crippen LogP contribution in [0.15, 0.2) is 24.3 Å². The van der Waals surface area contributed by atoms with Gasteiger partial charge in [0.1, 0.15) is 5.82 Å². The second-order valence-corrected chi connectivity index (χ2v) is 7.49. The second kappa shape index (κ2) is 9.51. The van der Waals surface area contributed by atoms with Gasteiger partial charge >= 0.3 is 0 Å². The van der Waals surface area contributed by atoms with Crippen LogP contribution in [0.3, 0.4) is 0 Å². The Balaban J connectivity index is 0.00000312. The van der Waals surface area contributed by atoms with Crippen LogP contribution in [0.25, 0.3) is 0 Å². The zero-order valence-electron chi connectivity index (χ0n) is 15.3. The molecule has 25 heavy (non-hydrogen) atoms. The number of likely N-dealkylation sites (tertiary alicyclic amines) is 1. The maximum absolute atomic E-state index is 13.2. The van der Waals surface area contributed by atoms with Crippen molar-refractivity contribution in [1.82, 2.24) is 10.2 Å². The average Bonchev–Trinajstić information content (AvgIpc) is 2.53. The number of hydrogen-bond acceptors (Lipinski definition) is 3. The monoisotopic (exact) mass is 372 g/mol. The minimum absolute atomic E-state index is 0. The van der Waals surface area contributed by atoms with E-state index in [0.29, 0.717) is 18.0 Å². The lowest BCUT2D eigenvalue weighted by atomic mass is 9.84. The largest absolute Gasteiger partial charge is 0.387 e. The van der Waals surface area contributed by atoms with Crippen LogP contribution in [0.4, 0.5) is 4.39 Å². The number of aliphatic hydroxyl groups is 1. The van der Waals surface area contributed by atoms with Crippen molar-refractivity contribution in [3.8, 4) is 0 Å². The van der Waals surface area contributed by atoms with Crippen molar-refractivity contribution in [3.63, 3.8) is 0 Å². The van der Waals surface area contributed by atoms with Gasteiger partial charge in [-0.1, -0.05) is 12.1 Å². The van der Waals surface area contributed by atoms with Gasteiger partial charge in [0.2, 0.25) is 5.91 Å². The molecule has 1 amide bonds. The predicted octanol–water partition coefficient (Wildman–Crippen LogP) is 3.30. The third-order valence-electron chi connectivity index (χ3n) is 4.87. The van der Waals surface area contributed by atoms with Crippen molar-refractivity contribution >= 4 is 18.3 Å². The number of nitrogens with zero attached hydrogens (tertiary/aromatic N) is 1. The van der Waals surface area contributed by atoms with Crippen LogP contribution < -0.4 is 5.32 Å². The van der Waals surface area contributed by atoms with Gasteiger partial charge in [-0.2, -0.15) is 0 Å². The van der Waals surface area contributed by atoms with Crippen LogP contribution >= 0.6 is 12.4 Å². The lowest BCUT2D eigenvalue weighted by Gasteiger charge is -2.36. The van der Waals surface area contributed by atoms with Gasteiger partial charge in [-0.25, -0.2) is 4.39 Å². The van der Waals surface area contributed by atoms with Crippen LogP contribution in [-0.2, 0) is 4.79 Å². The third-order valence-corrected chi connectivity index (χ3v) is 4.87. The summed E-state index contributed by atoms with van der Waals surface area (Å²) in [6.45, 7) is 7.94.